The molecular weight excluding hydrogens is 324 g/mol. The quantitative estimate of drug-likeness (QED) is 0.366. The number of aliphatic carboxylic acids is 1. The van der Waals surface area contributed by atoms with Gasteiger partial charge in [0, 0.05) is 42.0 Å². The van der Waals surface area contributed by atoms with Crippen LogP contribution in [0.3, 0.4) is 0 Å². The number of nitrogen functional groups attached to an aromatic ring is 1. The minimum absolute atomic E-state index is 0.0326. The number of hydrogen-bond donors (Lipinski definition) is 4. The van der Waals surface area contributed by atoms with Crippen LogP contribution in [0.4, 0.5) is 5.69 Å². The van der Waals surface area contributed by atoms with Crippen LogP contribution in [-0.2, 0) is 14.4 Å². The first-order valence-electron chi connectivity index (χ1n) is 7.99. The highest BCUT2D eigenvalue weighted by Crippen LogP contribution is 2.10. The number of amides is 2. The molecule has 0 saturated heterocycles. The smallest absolute Gasteiger partial charge is 0.224 e. The molecule has 0 aromatic heterocycles. The van der Waals surface area contributed by atoms with Gasteiger partial charge in [0.25, 0.3) is 0 Å². The average Bonchev–Trinajstić information content (AvgIpc) is 2.53. The highest BCUT2D eigenvalue weighted by molar-refractivity contribution is 5.96. The van der Waals surface area contributed by atoms with Gasteiger partial charge in [0.05, 0.1) is 0 Å². The number of benzene rings is 1. The van der Waals surface area contributed by atoms with E-state index in [1.54, 1.807) is 38.1 Å². The van der Waals surface area contributed by atoms with E-state index in [2.05, 4.69) is 10.6 Å². The number of amidine groups is 1. The summed E-state index contributed by atoms with van der Waals surface area (Å²) in [6.07, 6.45) is 0.265. The third-order valence-corrected chi connectivity index (χ3v) is 3.79. The lowest BCUT2D eigenvalue weighted by Crippen LogP contribution is -2.45. The Kier molecular flexibility index (Phi) is 7.58. The number of carboxylic acid groups (broad SMARTS) is 1. The van der Waals surface area contributed by atoms with Crippen LogP contribution in [0.2, 0.25) is 0 Å². The van der Waals surface area contributed by atoms with Crippen molar-refractivity contribution in [2.75, 3.05) is 5.32 Å². The van der Waals surface area contributed by atoms with Crippen molar-refractivity contribution in [3.05, 3.63) is 29.8 Å². The Morgan fingerprint density at radius 3 is 2.20 bits per heavy atom. The molecule has 0 aliphatic heterocycles. The number of hydrogen-bond acceptors (Lipinski definition) is 5. The van der Waals surface area contributed by atoms with Gasteiger partial charge in [-0.1, -0.05) is 6.92 Å². The zero-order valence-corrected chi connectivity index (χ0v) is 14.3. The van der Waals surface area contributed by atoms with Crippen molar-refractivity contribution >= 4 is 29.3 Å². The molecule has 1 aromatic rings. The average molecular weight is 347 g/mol. The maximum absolute atomic E-state index is 11.9. The van der Waals surface area contributed by atoms with E-state index in [0.29, 0.717) is 17.7 Å². The molecule has 0 aliphatic carbocycles. The summed E-state index contributed by atoms with van der Waals surface area (Å²) in [7, 11) is 0. The van der Waals surface area contributed by atoms with Crippen LogP contribution in [-0.4, -0.2) is 29.7 Å². The van der Waals surface area contributed by atoms with Crippen molar-refractivity contribution in [2.45, 2.75) is 39.2 Å². The lowest BCUT2D eigenvalue weighted by atomic mass is 9.98. The van der Waals surface area contributed by atoms with Gasteiger partial charge in [-0.05, 0) is 37.6 Å². The van der Waals surface area contributed by atoms with Crippen LogP contribution >= 0.6 is 0 Å². The minimum atomic E-state index is -1.21. The molecule has 5 N–H and O–H groups in total. The second-order valence-electron chi connectivity index (χ2n) is 5.73. The maximum atomic E-state index is 11.9. The summed E-state index contributed by atoms with van der Waals surface area (Å²) in [5.41, 5.74) is 6.43. The zero-order chi connectivity index (χ0) is 19.0. The second kappa shape index (κ2) is 9.41. The molecule has 1 rings (SSSR count). The van der Waals surface area contributed by atoms with Crippen molar-refractivity contribution in [3.8, 4) is 0 Å². The van der Waals surface area contributed by atoms with E-state index in [9.17, 15) is 19.5 Å². The summed E-state index contributed by atoms with van der Waals surface area (Å²) in [5, 5.41) is 23.4. The van der Waals surface area contributed by atoms with Crippen LogP contribution in [0.1, 0.15) is 38.7 Å². The lowest BCUT2D eigenvalue weighted by Gasteiger charge is -2.24. The summed E-state index contributed by atoms with van der Waals surface area (Å²) >= 11 is 0. The van der Waals surface area contributed by atoms with Crippen LogP contribution < -0.4 is 21.5 Å². The summed E-state index contributed by atoms with van der Waals surface area (Å²) in [5.74, 6) is -2.77. The van der Waals surface area contributed by atoms with Gasteiger partial charge < -0.3 is 26.3 Å². The Bertz CT molecular complexity index is 643. The summed E-state index contributed by atoms with van der Waals surface area (Å²) in [6.45, 7) is 3.30. The number of nitrogens with one attached hydrogen (secondary N) is 3. The third kappa shape index (κ3) is 6.62. The van der Waals surface area contributed by atoms with E-state index in [0.717, 1.165) is 0 Å². The highest BCUT2D eigenvalue weighted by Gasteiger charge is 2.18. The molecule has 136 valence electrons. The first-order chi connectivity index (χ1) is 11.7. The minimum Gasteiger partial charge on any atom is -0.550 e. The lowest BCUT2D eigenvalue weighted by molar-refractivity contribution is -0.312. The van der Waals surface area contributed by atoms with Crippen LogP contribution in [0, 0.1) is 11.3 Å². The largest absolute Gasteiger partial charge is 0.550 e. The fourth-order valence-electron chi connectivity index (χ4n) is 2.33. The van der Waals surface area contributed by atoms with Gasteiger partial charge in [0.1, 0.15) is 5.84 Å². The molecule has 0 aliphatic rings. The molecule has 2 unspecified atom stereocenters. The predicted molar refractivity (Wildman–Crippen MR) is 91.7 cm³/mol. The Balaban J connectivity index is 2.44. The second-order valence-corrected chi connectivity index (χ2v) is 5.73. The van der Waals surface area contributed by atoms with Crippen molar-refractivity contribution in [3.63, 3.8) is 0 Å². The monoisotopic (exact) mass is 347 g/mol. The zero-order valence-electron chi connectivity index (χ0n) is 14.3. The highest BCUT2D eigenvalue weighted by atomic mass is 16.4. The molecule has 2 atom stereocenters. The summed E-state index contributed by atoms with van der Waals surface area (Å²) in [6, 6.07) is 5.88. The molecule has 0 radical (unpaired) electrons. The predicted octanol–water partition coefficient (Wildman–Crippen LogP) is -0.0298. The van der Waals surface area contributed by atoms with E-state index in [1.165, 1.54) is 0 Å². The van der Waals surface area contributed by atoms with Crippen LogP contribution in [0.15, 0.2) is 24.3 Å². The molecule has 0 spiro atoms. The first kappa shape index (κ1) is 20.1. The van der Waals surface area contributed by atoms with Gasteiger partial charge in [-0.2, -0.15) is 0 Å². The van der Waals surface area contributed by atoms with Gasteiger partial charge in [0.15, 0.2) is 0 Å². The molecule has 0 bridgehead atoms. The Hall–Kier alpha value is -2.90. The normalized spacial score (nSPS) is 12.7. The molecule has 0 saturated carbocycles. The molecule has 8 nitrogen and oxygen atoms in total. The molecule has 2 amide bonds. The van der Waals surface area contributed by atoms with Crippen molar-refractivity contribution in [2.24, 2.45) is 11.7 Å². The fourth-order valence-corrected chi connectivity index (χ4v) is 2.33. The van der Waals surface area contributed by atoms with Gasteiger partial charge >= 0.3 is 0 Å². The number of anilines is 1. The SMILES string of the molecule is CCC(C(=O)[O-])C(C)NC(=O)CCC(=O)Nc1ccc(C(=N)N)cc1. The Labute approximate surface area is 146 Å². The summed E-state index contributed by atoms with van der Waals surface area (Å²) in [4.78, 5) is 34.6. The van der Waals surface area contributed by atoms with E-state index in [-0.39, 0.29) is 24.6 Å². The maximum Gasteiger partial charge on any atom is 0.224 e. The molecule has 25 heavy (non-hydrogen) atoms. The van der Waals surface area contributed by atoms with Crippen LogP contribution in [0.5, 0.6) is 0 Å². The first-order valence-corrected chi connectivity index (χ1v) is 7.99. The van der Waals surface area contributed by atoms with Crippen molar-refractivity contribution in [1.29, 1.82) is 5.41 Å². The number of carboxylic acids is 1. The van der Waals surface area contributed by atoms with E-state index in [1.807, 2.05) is 0 Å². The Morgan fingerprint density at radius 2 is 1.72 bits per heavy atom. The number of carbonyl (C=O) groups excluding carboxylic acids is 3. The molecule has 0 fully saturated rings. The molecular formula is C17H23N4O4-. The topological polar surface area (TPSA) is 148 Å². The van der Waals surface area contributed by atoms with E-state index < -0.39 is 23.8 Å². The van der Waals surface area contributed by atoms with Crippen LogP contribution in [0.25, 0.3) is 0 Å². The van der Waals surface area contributed by atoms with E-state index in [4.69, 9.17) is 11.1 Å². The Morgan fingerprint density at radius 1 is 1.16 bits per heavy atom. The van der Waals surface area contributed by atoms with Gasteiger partial charge in [-0.15, -0.1) is 0 Å². The molecule has 1 aromatic carbocycles. The fraction of sp³-hybridized carbons (Fsp3) is 0.412. The van der Waals surface area contributed by atoms with Gasteiger partial charge in [0.2, 0.25) is 11.8 Å². The number of carbonyl (C=O) groups is 3. The molecule has 8 heteroatoms. The van der Waals surface area contributed by atoms with Gasteiger partial charge in [-0.3, -0.25) is 15.0 Å². The summed E-state index contributed by atoms with van der Waals surface area (Å²) < 4.78 is 0. The van der Waals surface area contributed by atoms with Gasteiger partial charge in [-0.25, -0.2) is 0 Å². The number of rotatable bonds is 9. The van der Waals surface area contributed by atoms with Crippen molar-refractivity contribution < 1.29 is 19.5 Å². The molecule has 0 heterocycles. The third-order valence-electron chi connectivity index (χ3n) is 3.79. The van der Waals surface area contributed by atoms with E-state index >= 15 is 0 Å². The van der Waals surface area contributed by atoms with Crippen molar-refractivity contribution in [1.82, 2.24) is 5.32 Å². The standard InChI is InChI=1S/C17H24N4O4/c1-3-13(17(24)25)10(2)20-14(22)8-9-15(23)21-12-6-4-11(5-7-12)16(18)19/h4-7,10,13H,3,8-9H2,1-2H3,(H3,18,19)(H,20,22)(H,21,23)(H,24,25)/p-1. The number of nitrogens with two attached hydrogens (primary N) is 1.